The molecule has 0 aliphatic heterocycles. The van der Waals surface area contributed by atoms with Crippen molar-refractivity contribution in [2.75, 3.05) is 9.80 Å². The first-order valence-electron chi connectivity index (χ1n) is 25.2. The average Bonchev–Trinajstić information content (AvgIpc) is 3.82. The number of anilines is 6. The van der Waals surface area contributed by atoms with E-state index in [-0.39, 0.29) is 10.8 Å². The number of hydrogen-bond donors (Lipinski definition) is 0. The van der Waals surface area contributed by atoms with Crippen LogP contribution in [0.2, 0.25) is 0 Å². The van der Waals surface area contributed by atoms with Gasteiger partial charge in [-0.05, 0) is 165 Å². The van der Waals surface area contributed by atoms with Crippen LogP contribution in [0.1, 0.15) is 86.5 Å². The van der Waals surface area contributed by atoms with Crippen LogP contribution < -0.4 is 9.80 Å². The molecule has 4 aliphatic carbocycles. The fourth-order valence-electron chi connectivity index (χ4n) is 13.1. The Hall–Kier alpha value is -7.42. The second-order valence-corrected chi connectivity index (χ2v) is 19.8. The highest BCUT2D eigenvalue weighted by Crippen LogP contribution is 2.58. The minimum absolute atomic E-state index is 0.109. The molecular formula is C66H56N2. The first kappa shape index (κ1) is 40.8. The number of para-hydroxylation sites is 2. The van der Waals surface area contributed by atoms with Gasteiger partial charge >= 0.3 is 0 Å². The van der Waals surface area contributed by atoms with Gasteiger partial charge in [0.25, 0.3) is 0 Å². The standard InChI is InChI=1S/C66H56N2/c1-5-17-51(18-6-1)67(55-37-39-59-57-21-9-11-23-61(57)65(63(59)45-55)41-13-3-14-42-65)53-33-29-49(30-34-53)47-25-27-48(28-26-47)50-31-35-54(36-32-50)68(52-19-7-2-8-20-52)56-38-40-60-58-22-10-12-24-62(58)66(64(60)46-56)43-15-4-16-44-66/h1-2,5-12,17-40,45-46H,3-4,13-16,41-44H2. The van der Waals surface area contributed by atoms with E-state index in [4.69, 9.17) is 0 Å². The third kappa shape index (κ3) is 6.67. The SMILES string of the molecule is c1ccc(N(c2ccc(-c3ccc(-c4ccc(N(c5ccccc5)c5ccc6c(c5)C5(CCCCC5)c5ccccc5-6)cc4)cc3)cc2)c2ccc3c(c2)C2(CCCCC2)c2ccccc2-3)cc1. The van der Waals surface area contributed by atoms with Crippen LogP contribution in [0.5, 0.6) is 0 Å². The van der Waals surface area contributed by atoms with E-state index in [1.165, 1.54) is 154 Å². The zero-order chi connectivity index (χ0) is 45.1. The van der Waals surface area contributed by atoms with Crippen LogP contribution in [0.4, 0.5) is 34.1 Å². The molecule has 2 spiro atoms. The van der Waals surface area contributed by atoms with Gasteiger partial charge < -0.3 is 9.80 Å². The van der Waals surface area contributed by atoms with Gasteiger partial charge in [-0.25, -0.2) is 0 Å². The van der Waals surface area contributed by atoms with Crippen molar-refractivity contribution in [1.29, 1.82) is 0 Å². The van der Waals surface area contributed by atoms with E-state index in [1.54, 1.807) is 0 Å². The van der Waals surface area contributed by atoms with Crippen molar-refractivity contribution < 1.29 is 0 Å². The quantitative estimate of drug-likeness (QED) is 0.150. The minimum Gasteiger partial charge on any atom is -0.310 e. The van der Waals surface area contributed by atoms with Gasteiger partial charge in [0.2, 0.25) is 0 Å². The largest absolute Gasteiger partial charge is 0.310 e. The fourth-order valence-corrected chi connectivity index (χ4v) is 13.1. The van der Waals surface area contributed by atoms with Gasteiger partial charge in [-0.3, -0.25) is 0 Å². The summed E-state index contributed by atoms with van der Waals surface area (Å²) in [7, 11) is 0. The van der Waals surface area contributed by atoms with Crippen LogP contribution in [0.25, 0.3) is 44.5 Å². The smallest absolute Gasteiger partial charge is 0.0465 e. The lowest BCUT2D eigenvalue weighted by molar-refractivity contribution is 0.353. The summed E-state index contributed by atoms with van der Waals surface area (Å²) in [6.45, 7) is 0. The lowest BCUT2D eigenvalue weighted by Crippen LogP contribution is -2.28. The van der Waals surface area contributed by atoms with Crippen LogP contribution in [0, 0.1) is 0 Å². The molecule has 0 amide bonds. The Kier molecular flexibility index (Phi) is 10.0. The Morgan fingerprint density at radius 2 is 0.529 bits per heavy atom. The number of rotatable bonds is 8. The maximum Gasteiger partial charge on any atom is 0.0465 e. The molecule has 0 bridgehead atoms. The third-order valence-electron chi connectivity index (χ3n) is 16.3. The van der Waals surface area contributed by atoms with E-state index in [0.717, 1.165) is 11.4 Å². The highest BCUT2D eigenvalue weighted by molar-refractivity contribution is 5.88. The predicted octanol–water partition coefficient (Wildman–Crippen LogP) is 18.4. The molecule has 9 aromatic rings. The lowest BCUT2D eigenvalue weighted by atomic mass is 9.68. The summed E-state index contributed by atoms with van der Waals surface area (Å²) in [5.41, 5.74) is 23.9. The van der Waals surface area contributed by atoms with E-state index >= 15 is 0 Å². The molecule has 0 N–H and O–H groups in total. The Bertz CT molecular complexity index is 3040. The highest BCUT2D eigenvalue weighted by Gasteiger charge is 2.45. The summed E-state index contributed by atoms with van der Waals surface area (Å²) in [6.07, 6.45) is 12.7. The number of benzene rings is 9. The van der Waals surface area contributed by atoms with Gasteiger partial charge in [0.15, 0.2) is 0 Å². The van der Waals surface area contributed by atoms with E-state index in [0.29, 0.717) is 0 Å². The summed E-state index contributed by atoms with van der Waals surface area (Å²) in [4.78, 5) is 4.87. The van der Waals surface area contributed by atoms with Crippen LogP contribution in [-0.2, 0) is 10.8 Å². The van der Waals surface area contributed by atoms with E-state index in [2.05, 4.69) is 228 Å². The molecule has 9 aromatic carbocycles. The third-order valence-corrected chi connectivity index (χ3v) is 16.3. The summed E-state index contributed by atoms with van der Waals surface area (Å²) in [5.74, 6) is 0. The van der Waals surface area contributed by atoms with Gasteiger partial charge in [0.1, 0.15) is 0 Å². The molecular weight excluding hydrogens is 821 g/mol. The zero-order valence-corrected chi connectivity index (χ0v) is 38.8. The zero-order valence-electron chi connectivity index (χ0n) is 38.8. The van der Waals surface area contributed by atoms with E-state index in [9.17, 15) is 0 Å². The summed E-state index contributed by atoms with van der Waals surface area (Å²) < 4.78 is 0. The maximum absolute atomic E-state index is 2.52. The van der Waals surface area contributed by atoms with Crippen molar-refractivity contribution in [2.45, 2.75) is 75.0 Å². The fraction of sp³-hybridized carbons (Fsp3) is 0.182. The van der Waals surface area contributed by atoms with Gasteiger partial charge in [0.05, 0.1) is 0 Å². The highest BCUT2D eigenvalue weighted by atomic mass is 15.1. The van der Waals surface area contributed by atoms with Crippen molar-refractivity contribution in [1.82, 2.24) is 0 Å². The van der Waals surface area contributed by atoms with Crippen LogP contribution in [-0.4, -0.2) is 0 Å². The van der Waals surface area contributed by atoms with Crippen LogP contribution >= 0.6 is 0 Å². The second-order valence-electron chi connectivity index (χ2n) is 19.8. The molecule has 330 valence electrons. The first-order valence-corrected chi connectivity index (χ1v) is 25.2. The van der Waals surface area contributed by atoms with Gasteiger partial charge in [-0.2, -0.15) is 0 Å². The molecule has 0 aromatic heterocycles. The molecule has 0 radical (unpaired) electrons. The molecule has 0 atom stereocenters. The van der Waals surface area contributed by atoms with Gasteiger partial charge in [-0.15, -0.1) is 0 Å². The predicted molar refractivity (Wildman–Crippen MR) is 285 cm³/mol. The van der Waals surface area contributed by atoms with Crippen molar-refractivity contribution in [3.63, 3.8) is 0 Å². The summed E-state index contributed by atoms with van der Waals surface area (Å²) in [5, 5.41) is 0. The van der Waals surface area contributed by atoms with E-state index < -0.39 is 0 Å². The number of hydrogen-bond acceptors (Lipinski definition) is 2. The Morgan fingerprint density at radius 1 is 0.235 bits per heavy atom. The maximum atomic E-state index is 2.52. The topological polar surface area (TPSA) is 6.48 Å². The molecule has 0 saturated heterocycles. The minimum atomic E-state index is 0.109. The molecule has 2 fully saturated rings. The Labute approximate surface area is 402 Å². The molecule has 68 heavy (non-hydrogen) atoms. The van der Waals surface area contributed by atoms with Crippen molar-refractivity contribution in [2.24, 2.45) is 0 Å². The molecule has 2 heteroatoms. The first-order chi connectivity index (χ1) is 33.7. The summed E-state index contributed by atoms with van der Waals surface area (Å²) >= 11 is 0. The molecule has 0 unspecified atom stereocenters. The molecule has 2 nitrogen and oxygen atoms in total. The average molecular weight is 877 g/mol. The normalized spacial score (nSPS) is 15.9. The Morgan fingerprint density at radius 3 is 0.912 bits per heavy atom. The van der Waals surface area contributed by atoms with Crippen molar-refractivity contribution in [3.8, 4) is 44.5 Å². The van der Waals surface area contributed by atoms with E-state index in [1.807, 2.05) is 0 Å². The molecule has 2 saturated carbocycles. The van der Waals surface area contributed by atoms with Gasteiger partial charge in [-0.1, -0.05) is 184 Å². The van der Waals surface area contributed by atoms with Crippen LogP contribution in [0.3, 0.4) is 0 Å². The van der Waals surface area contributed by atoms with Crippen LogP contribution in [0.15, 0.2) is 218 Å². The second kappa shape index (κ2) is 16.7. The van der Waals surface area contributed by atoms with Crippen molar-refractivity contribution >= 4 is 34.1 Å². The number of nitrogens with zero attached hydrogens (tertiary/aromatic N) is 2. The van der Waals surface area contributed by atoms with Gasteiger partial charge in [0, 0.05) is 45.0 Å². The monoisotopic (exact) mass is 876 g/mol. The molecule has 4 aliphatic rings. The Balaban J connectivity index is 0.785. The van der Waals surface area contributed by atoms with Crippen molar-refractivity contribution in [3.05, 3.63) is 241 Å². The molecule has 0 heterocycles. The number of fused-ring (bicyclic) bond motifs is 10. The molecule has 13 rings (SSSR count). The lowest BCUT2D eigenvalue weighted by Gasteiger charge is -2.36. The summed E-state index contributed by atoms with van der Waals surface area (Å²) in [6, 6.07) is 82.0.